The van der Waals surface area contributed by atoms with Crippen LogP contribution in [-0.2, 0) is 12.8 Å². The van der Waals surface area contributed by atoms with E-state index in [1.807, 2.05) is 0 Å². The molecule has 1 nitrogen and oxygen atoms in total. The molecule has 0 amide bonds. The number of nitrogens with one attached hydrogen (secondary N) is 1. The molecule has 2 unspecified atom stereocenters. The van der Waals surface area contributed by atoms with E-state index < -0.39 is 0 Å². The summed E-state index contributed by atoms with van der Waals surface area (Å²) in [5.41, 5.74) is 4.82. The van der Waals surface area contributed by atoms with Gasteiger partial charge < -0.3 is 5.32 Å². The van der Waals surface area contributed by atoms with Crippen molar-refractivity contribution in [2.75, 3.05) is 6.54 Å². The van der Waals surface area contributed by atoms with Crippen LogP contribution in [0.15, 0.2) is 17.0 Å². The fraction of sp³-hybridized carbons (Fsp3) is 0.625. The zero-order valence-electron chi connectivity index (χ0n) is 11.5. The Morgan fingerprint density at radius 1 is 1.22 bits per heavy atom. The van der Waals surface area contributed by atoms with Crippen molar-refractivity contribution < 1.29 is 0 Å². The molecule has 1 aromatic carbocycles. The SMILES string of the molecule is CCCNC1c2cc3c(cc2SC1CC)CCC3. The van der Waals surface area contributed by atoms with Crippen molar-refractivity contribution in [3.8, 4) is 0 Å². The molecule has 0 saturated carbocycles. The molecule has 98 valence electrons. The highest BCUT2D eigenvalue weighted by Gasteiger charge is 2.32. The van der Waals surface area contributed by atoms with Crippen LogP contribution < -0.4 is 5.32 Å². The third kappa shape index (κ3) is 2.10. The molecule has 1 aliphatic heterocycles. The average Bonchev–Trinajstić information content (AvgIpc) is 2.96. The summed E-state index contributed by atoms with van der Waals surface area (Å²) in [5, 5.41) is 4.49. The number of fused-ring (bicyclic) bond motifs is 2. The molecular weight excluding hydrogens is 238 g/mol. The largest absolute Gasteiger partial charge is 0.309 e. The second-order valence-electron chi connectivity index (χ2n) is 5.51. The van der Waals surface area contributed by atoms with Crippen molar-refractivity contribution in [1.29, 1.82) is 0 Å². The summed E-state index contributed by atoms with van der Waals surface area (Å²) in [6, 6.07) is 5.58. The Labute approximate surface area is 115 Å². The van der Waals surface area contributed by atoms with E-state index >= 15 is 0 Å². The second kappa shape index (κ2) is 5.26. The third-order valence-electron chi connectivity index (χ3n) is 4.23. The molecule has 18 heavy (non-hydrogen) atoms. The van der Waals surface area contributed by atoms with Gasteiger partial charge in [0, 0.05) is 16.2 Å². The summed E-state index contributed by atoms with van der Waals surface area (Å²) < 4.78 is 0. The monoisotopic (exact) mass is 261 g/mol. The van der Waals surface area contributed by atoms with E-state index in [0.29, 0.717) is 6.04 Å². The number of hydrogen-bond acceptors (Lipinski definition) is 2. The van der Waals surface area contributed by atoms with Gasteiger partial charge >= 0.3 is 0 Å². The highest BCUT2D eigenvalue weighted by molar-refractivity contribution is 8.00. The Hall–Kier alpha value is -0.470. The van der Waals surface area contributed by atoms with Gasteiger partial charge in [0.15, 0.2) is 0 Å². The van der Waals surface area contributed by atoms with Gasteiger partial charge in [-0.1, -0.05) is 19.9 Å². The van der Waals surface area contributed by atoms with E-state index in [1.54, 1.807) is 21.6 Å². The number of rotatable bonds is 4. The van der Waals surface area contributed by atoms with Gasteiger partial charge in [-0.25, -0.2) is 0 Å². The molecule has 0 bridgehead atoms. The van der Waals surface area contributed by atoms with Crippen molar-refractivity contribution in [1.82, 2.24) is 5.32 Å². The summed E-state index contributed by atoms with van der Waals surface area (Å²) in [6.07, 6.45) is 6.42. The number of aryl methyl sites for hydroxylation is 2. The third-order valence-corrected chi connectivity index (χ3v) is 5.74. The van der Waals surface area contributed by atoms with Crippen molar-refractivity contribution in [2.24, 2.45) is 0 Å². The maximum Gasteiger partial charge on any atom is 0.0455 e. The zero-order chi connectivity index (χ0) is 12.5. The van der Waals surface area contributed by atoms with Gasteiger partial charge in [0.05, 0.1) is 0 Å². The normalized spacial score (nSPS) is 25.2. The van der Waals surface area contributed by atoms with Crippen LogP contribution in [0, 0.1) is 0 Å². The molecule has 1 heterocycles. The van der Waals surface area contributed by atoms with Crippen LogP contribution in [0.1, 0.15) is 55.8 Å². The molecule has 1 aromatic rings. The minimum atomic E-state index is 0.584. The lowest BCUT2D eigenvalue weighted by Crippen LogP contribution is -2.27. The molecule has 0 saturated heterocycles. The Bertz CT molecular complexity index is 441. The minimum Gasteiger partial charge on any atom is -0.309 e. The van der Waals surface area contributed by atoms with Gasteiger partial charge in [-0.2, -0.15) is 0 Å². The standard InChI is InChI=1S/C16H23NS/c1-3-8-17-16-13-9-11-6-5-7-12(11)10-15(13)18-14(16)4-2/h9-10,14,16-17H,3-8H2,1-2H3. The van der Waals surface area contributed by atoms with E-state index in [2.05, 4.69) is 43.1 Å². The zero-order valence-corrected chi connectivity index (χ0v) is 12.3. The molecule has 0 radical (unpaired) electrons. The summed E-state index contributed by atoms with van der Waals surface area (Å²) in [7, 11) is 0. The first-order chi connectivity index (χ1) is 8.83. The van der Waals surface area contributed by atoms with E-state index in [-0.39, 0.29) is 0 Å². The fourth-order valence-corrected chi connectivity index (χ4v) is 4.66. The highest BCUT2D eigenvalue weighted by Crippen LogP contribution is 2.47. The lowest BCUT2D eigenvalue weighted by Gasteiger charge is -2.19. The lowest BCUT2D eigenvalue weighted by atomic mass is 9.98. The molecule has 1 N–H and O–H groups in total. The van der Waals surface area contributed by atoms with Gasteiger partial charge in [-0.05, 0) is 61.4 Å². The highest BCUT2D eigenvalue weighted by atomic mass is 32.2. The van der Waals surface area contributed by atoms with E-state index in [9.17, 15) is 0 Å². The second-order valence-corrected chi connectivity index (χ2v) is 6.79. The van der Waals surface area contributed by atoms with Gasteiger partial charge in [-0.15, -0.1) is 11.8 Å². The van der Waals surface area contributed by atoms with Crippen molar-refractivity contribution >= 4 is 11.8 Å². The average molecular weight is 261 g/mol. The van der Waals surface area contributed by atoms with Crippen LogP contribution in [0.2, 0.25) is 0 Å². The van der Waals surface area contributed by atoms with E-state index in [1.165, 1.54) is 32.1 Å². The summed E-state index contributed by atoms with van der Waals surface area (Å²) in [5.74, 6) is 0. The number of thioether (sulfide) groups is 1. The van der Waals surface area contributed by atoms with Crippen LogP contribution in [0.3, 0.4) is 0 Å². The first-order valence-electron chi connectivity index (χ1n) is 7.39. The molecule has 2 heteroatoms. The van der Waals surface area contributed by atoms with Crippen molar-refractivity contribution in [3.05, 3.63) is 28.8 Å². The molecule has 0 fully saturated rings. The fourth-order valence-electron chi connectivity index (χ4n) is 3.26. The van der Waals surface area contributed by atoms with Gasteiger partial charge in [-0.3, -0.25) is 0 Å². The van der Waals surface area contributed by atoms with Gasteiger partial charge in [0.2, 0.25) is 0 Å². The molecular formula is C16H23NS. The number of hydrogen-bond donors (Lipinski definition) is 1. The van der Waals surface area contributed by atoms with Crippen molar-refractivity contribution in [2.45, 2.75) is 62.1 Å². The summed E-state index contributed by atoms with van der Waals surface area (Å²) in [6.45, 7) is 5.70. The van der Waals surface area contributed by atoms with E-state index in [0.717, 1.165) is 11.8 Å². The molecule has 0 aromatic heterocycles. The van der Waals surface area contributed by atoms with Gasteiger partial charge in [0.1, 0.15) is 0 Å². The molecule has 1 aliphatic carbocycles. The van der Waals surface area contributed by atoms with Crippen LogP contribution in [0.4, 0.5) is 0 Å². The van der Waals surface area contributed by atoms with Crippen molar-refractivity contribution in [3.63, 3.8) is 0 Å². The van der Waals surface area contributed by atoms with Gasteiger partial charge in [0.25, 0.3) is 0 Å². The first-order valence-corrected chi connectivity index (χ1v) is 8.27. The molecule has 2 aliphatic rings. The summed E-state index contributed by atoms with van der Waals surface area (Å²) in [4.78, 5) is 1.55. The molecule has 3 rings (SSSR count). The maximum absolute atomic E-state index is 3.76. The molecule has 0 spiro atoms. The Morgan fingerprint density at radius 2 is 2.00 bits per heavy atom. The first kappa shape index (κ1) is 12.6. The smallest absolute Gasteiger partial charge is 0.0455 e. The summed E-state index contributed by atoms with van der Waals surface area (Å²) >= 11 is 2.10. The topological polar surface area (TPSA) is 12.0 Å². The maximum atomic E-state index is 3.76. The van der Waals surface area contributed by atoms with Crippen LogP contribution >= 0.6 is 11.8 Å². The Balaban J connectivity index is 1.91. The number of benzene rings is 1. The predicted octanol–water partition coefficient (Wildman–Crippen LogP) is 4.10. The van der Waals surface area contributed by atoms with Crippen LogP contribution in [-0.4, -0.2) is 11.8 Å². The van der Waals surface area contributed by atoms with Crippen LogP contribution in [0.5, 0.6) is 0 Å². The quantitative estimate of drug-likeness (QED) is 0.875. The minimum absolute atomic E-state index is 0.584. The van der Waals surface area contributed by atoms with Crippen LogP contribution in [0.25, 0.3) is 0 Å². The predicted molar refractivity (Wildman–Crippen MR) is 79.4 cm³/mol. The Kier molecular flexibility index (Phi) is 3.67. The lowest BCUT2D eigenvalue weighted by molar-refractivity contribution is 0.510. The Morgan fingerprint density at radius 3 is 2.72 bits per heavy atom. The molecule has 2 atom stereocenters. The van der Waals surface area contributed by atoms with E-state index in [4.69, 9.17) is 0 Å².